The molecule has 2 amide bonds. The molecular weight excluding hydrogens is 399 g/mol. The van der Waals surface area contributed by atoms with E-state index in [2.05, 4.69) is 20.7 Å². The highest BCUT2D eigenvalue weighted by Crippen LogP contribution is 2.10. The van der Waals surface area contributed by atoms with E-state index < -0.39 is 5.82 Å². The SMILES string of the molecule is O=C(CCCNC(=O)c1ccc(F)cc1)Nc1cnn(Cc2cn3ccccc3n2)c1. The van der Waals surface area contributed by atoms with E-state index in [9.17, 15) is 14.0 Å². The number of nitrogens with one attached hydrogen (secondary N) is 2. The summed E-state index contributed by atoms with van der Waals surface area (Å²) in [6, 6.07) is 11.1. The van der Waals surface area contributed by atoms with Gasteiger partial charge in [0.15, 0.2) is 0 Å². The molecule has 0 fully saturated rings. The molecule has 0 radical (unpaired) electrons. The number of aromatic nitrogens is 4. The van der Waals surface area contributed by atoms with Crippen LogP contribution in [0.15, 0.2) is 67.3 Å². The van der Waals surface area contributed by atoms with Gasteiger partial charge in [0.2, 0.25) is 5.91 Å². The second-order valence-electron chi connectivity index (χ2n) is 7.04. The van der Waals surface area contributed by atoms with Crippen LogP contribution in [0.2, 0.25) is 0 Å². The predicted molar refractivity (Wildman–Crippen MR) is 113 cm³/mol. The lowest BCUT2D eigenvalue weighted by atomic mass is 10.2. The van der Waals surface area contributed by atoms with Gasteiger partial charge in [-0.1, -0.05) is 6.07 Å². The third-order valence-corrected chi connectivity index (χ3v) is 4.63. The number of imidazole rings is 1. The summed E-state index contributed by atoms with van der Waals surface area (Å²) in [6.45, 7) is 0.837. The minimum absolute atomic E-state index is 0.164. The molecule has 3 heterocycles. The summed E-state index contributed by atoms with van der Waals surface area (Å²) >= 11 is 0. The molecule has 0 unspecified atom stereocenters. The summed E-state index contributed by atoms with van der Waals surface area (Å²) in [6.07, 6.45) is 7.94. The molecule has 0 saturated carbocycles. The summed E-state index contributed by atoms with van der Waals surface area (Å²) in [5.74, 6) is -0.855. The van der Waals surface area contributed by atoms with E-state index >= 15 is 0 Å². The van der Waals surface area contributed by atoms with Gasteiger partial charge in [-0.15, -0.1) is 0 Å². The van der Waals surface area contributed by atoms with Crippen LogP contribution in [0.5, 0.6) is 0 Å². The van der Waals surface area contributed by atoms with Gasteiger partial charge in [-0.2, -0.15) is 5.10 Å². The zero-order valence-corrected chi connectivity index (χ0v) is 16.7. The van der Waals surface area contributed by atoms with Gasteiger partial charge in [0.25, 0.3) is 5.91 Å². The fourth-order valence-electron chi connectivity index (χ4n) is 3.12. The number of anilines is 1. The number of benzene rings is 1. The van der Waals surface area contributed by atoms with Gasteiger partial charge in [0, 0.05) is 37.1 Å². The van der Waals surface area contributed by atoms with Crippen molar-refractivity contribution in [1.29, 1.82) is 0 Å². The number of amides is 2. The largest absolute Gasteiger partial charge is 0.352 e. The summed E-state index contributed by atoms with van der Waals surface area (Å²) in [5, 5.41) is 9.77. The average molecular weight is 420 g/mol. The standard InChI is InChI=1S/C22H21FN6O2/c23-17-8-6-16(7-9-17)22(31)24-10-3-5-21(30)27-18-12-25-29(14-18)15-19-13-28-11-2-1-4-20(28)26-19/h1-2,4,6-9,11-14H,3,5,10,15H2,(H,24,31)(H,27,30). The van der Waals surface area contributed by atoms with Crippen LogP contribution in [0.4, 0.5) is 10.1 Å². The van der Waals surface area contributed by atoms with Crippen molar-refractivity contribution >= 4 is 23.1 Å². The Bertz CT molecular complexity index is 1170. The van der Waals surface area contributed by atoms with Crippen LogP contribution >= 0.6 is 0 Å². The first kappa shape index (κ1) is 20.3. The number of nitrogens with zero attached hydrogens (tertiary/aromatic N) is 4. The predicted octanol–water partition coefficient (Wildman–Crippen LogP) is 2.87. The van der Waals surface area contributed by atoms with Crippen molar-refractivity contribution in [2.24, 2.45) is 0 Å². The Hall–Kier alpha value is -4.01. The van der Waals surface area contributed by atoms with E-state index in [0.717, 1.165) is 11.3 Å². The van der Waals surface area contributed by atoms with Crippen LogP contribution in [0, 0.1) is 5.82 Å². The van der Waals surface area contributed by atoms with Crippen molar-refractivity contribution in [3.8, 4) is 0 Å². The molecule has 0 atom stereocenters. The van der Waals surface area contributed by atoms with Gasteiger partial charge in [-0.3, -0.25) is 14.3 Å². The maximum atomic E-state index is 12.9. The Morgan fingerprint density at radius 1 is 1.06 bits per heavy atom. The highest BCUT2D eigenvalue weighted by molar-refractivity contribution is 5.94. The number of carbonyl (C=O) groups excluding carboxylic acids is 2. The molecule has 4 rings (SSSR count). The molecule has 31 heavy (non-hydrogen) atoms. The number of halogens is 1. The Kier molecular flexibility index (Phi) is 6.02. The molecule has 0 aliphatic rings. The zero-order chi connectivity index (χ0) is 21.6. The van der Waals surface area contributed by atoms with E-state index in [4.69, 9.17) is 0 Å². The first-order chi connectivity index (χ1) is 15.1. The Balaban J connectivity index is 1.20. The van der Waals surface area contributed by atoms with E-state index in [1.807, 2.05) is 35.0 Å². The average Bonchev–Trinajstić information content (AvgIpc) is 3.37. The fraction of sp³-hybridized carbons (Fsp3) is 0.182. The highest BCUT2D eigenvalue weighted by atomic mass is 19.1. The molecule has 1 aromatic carbocycles. The monoisotopic (exact) mass is 420 g/mol. The molecule has 3 aromatic heterocycles. The summed E-state index contributed by atoms with van der Waals surface area (Å²) in [4.78, 5) is 28.6. The second kappa shape index (κ2) is 9.21. The molecule has 0 bridgehead atoms. The Morgan fingerprint density at radius 2 is 1.90 bits per heavy atom. The van der Waals surface area contributed by atoms with Crippen LogP contribution in [-0.4, -0.2) is 37.5 Å². The number of hydrogen-bond donors (Lipinski definition) is 2. The van der Waals surface area contributed by atoms with Gasteiger partial charge in [-0.25, -0.2) is 9.37 Å². The molecule has 9 heteroatoms. The Labute approximate surface area is 177 Å². The van der Waals surface area contributed by atoms with E-state index in [1.165, 1.54) is 24.3 Å². The fourth-order valence-corrected chi connectivity index (χ4v) is 3.12. The van der Waals surface area contributed by atoms with Crippen molar-refractivity contribution in [3.63, 3.8) is 0 Å². The third-order valence-electron chi connectivity index (χ3n) is 4.63. The topological polar surface area (TPSA) is 93.3 Å². The third kappa shape index (κ3) is 5.33. The van der Waals surface area contributed by atoms with Crippen LogP contribution in [0.1, 0.15) is 28.9 Å². The first-order valence-corrected chi connectivity index (χ1v) is 9.85. The second-order valence-corrected chi connectivity index (χ2v) is 7.04. The zero-order valence-electron chi connectivity index (χ0n) is 16.7. The normalized spacial score (nSPS) is 10.9. The van der Waals surface area contributed by atoms with Crippen molar-refractivity contribution in [2.45, 2.75) is 19.4 Å². The summed E-state index contributed by atoms with van der Waals surface area (Å²) < 4.78 is 16.5. The van der Waals surface area contributed by atoms with E-state index in [-0.39, 0.29) is 18.2 Å². The maximum absolute atomic E-state index is 12.9. The molecular formula is C22H21FN6O2. The molecule has 8 nitrogen and oxygen atoms in total. The quantitative estimate of drug-likeness (QED) is 0.429. The van der Waals surface area contributed by atoms with Gasteiger partial charge in [0.05, 0.1) is 24.1 Å². The highest BCUT2D eigenvalue weighted by Gasteiger charge is 2.08. The summed E-state index contributed by atoms with van der Waals surface area (Å²) in [5.41, 5.74) is 2.71. The Morgan fingerprint density at radius 3 is 2.71 bits per heavy atom. The molecule has 4 aromatic rings. The van der Waals surface area contributed by atoms with Crippen LogP contribution < -0.4 is 10.6 Å². The molecule has 0 aliphatic heterocycles. The smallest absolute Gasteiger partial charge is 0.251 e. The van der Waals surface area contributed by atoms with Crippen molar-refractivity contribution < 1.29 is 14.0 Å². The number of carbonyl (C=O) groups is 2. The lowest BCUT2D eigenvalue weighted by Gasteiger charge is -2.05. The minimum atomic E-state index is -0.394. The number of pyridine rings is 1. The maximum Gasteiger partial charge on any atom is 0.251 e. The number of rotatable bonds is 8. The van der Waals surface area contributed by atoms with Crippen LogP contribution in [0.25, 0.3) is 5.65 Å². The van der Waals surface area contributed by atoms with Gasteiger partial charge in [0.1, 0.15) is 11.5 Å². The van der Waals surface area contributed by atoms with E-state index in [1.54, 1.807) is 17.1 Å². The minimum Gasteiger partial charge on any atom is -0.352 e. The van der Waals surface area contributed by atoms with Crippen LogP contribution in [-0.2, 0) is 11.3 Å². The van der Waals surface area contributed by atoms with E-state index in [0.29, 0.717) is 30.8 Å². The molecule has 0 aliphatic carbocycles. The van der Waals surface area contributed by atoms with Gasteiger partial charge >= 0.3 is 0 Å². The first-order valence-electron chi connectivity index (χ1n) is 9.85. The number of hydrogen-bond acceptors (Lipinski definition) is 4. The lowest BCUT2D eigenvalue weighted by molar-refractivity contribution is -0.116. The molecule has 0 saturated heterocycles. The lowest BCUT2D eigenvalue weighted by Crippen LogP contribution is -2.25. The molecule has 2 N–H and O–H groups in total. The van der Waals surface area contributed by atoms with Gasteiger partial charge in [-0.05, 0) is 42.8 Å². The molecule has 0 spiro atoms. The number of fused-ring (bicyclic) bond motifs is 1. The van der Waals surface area contributed by atoms with Gasteiger partial charge < -0.3 is 15.0 Å². The van der Waals surface area contributed by atoms with Crippen molar-refractivity contribution in [1.82, 2.24) is 24.5 Å². The van der Waals surface area contributed by atoms with Crippen LogP contribution in [0.3, 0.4) is 0 Å². The van der Waals surface area contributed by atoms with Crippen molar-refractivity contribution in [2.75, 3.05) is 11.9 Å². The van der Waals surface area contributed by atoms with Crippen molar-refractivity contribution in [3.05, 3.63) is 84.3 Å². The molecule has 158 valence electrons. The summed E-state index contributed by atoms with van der Waals surface area (Å²) in [7, 11) is 0.